The van der Waals surface area contributed by atoms with Gasteiger partial charge in [-0.15, -0.1) is 4.40 Å². The molecule has 3 aliphatic rings. The van der Waals surface area contributed by atoms with Crippen LogP contribution >= 0.6 is 11.6 Å². The first-order chi connectivity index (χ1) is 13.0. The van der Waals surface area contributed by atoms with Crippen molar-refractivity contribution < 1.29 is 8.42 Å². The Balaban J connectivity index is 1.47. The summed E-state index contributed by atoms with van der Waals surface area (Å²) >= 11 is 6.25. The Hall–Kier alpha value is -2.25. The zero-order valence-electron chi connectivity index (χ0n) is 14.6. The second-order valence-electron chi connectivity index (χ2n) is 7.11. The normalized spacial score (nSPS) is 20.4. The fourth-order valence-electron chi connectivity index (χ4n) is 3.81. The average molecular weight is 403 g/mol. The monoisotopic (exact) mass is 402 g/mol. The van der Waals surface area contributed by atoms with E-state index in [1.54, 1.807) is 18.2 Å². The van der Waals surface area contributed by atoms with Crippen molar-refractivity contribution in [3.05, 3.63) is 47.5 Å². The molecular weight excluding hydrogens is 384 g/mol. The van der Waals surface area contributed by atoms with Crippen molar-refractivity contribution in [3.8, 4) is 0 Å². The molecule has 27 heavy (non-hydrogen) atoms. The van der Waals surface area contributed by atoms with Crippen molar-refractivity contribution in [1.82, 2.24) is 0 Å². The molecular formula is C19H19ClN4O2S. The molecule has 1 N–H and O–H groups in total. The summed E-state index contributed by atoms with van der Waals surface area (Å²) in [6, 6.07) is 13.4. The minimum atomic E-state index is -3.68. The van der Waals surface area contributed by atoms with Gasteiger partial charge >= 0.3 is 0 Å². The van der Waals surface area contributed by atoms with E-state index in [4.69, 9.17) is 11.6 Å². The molecule has 1 fully saturated rings. The molecule has 0 aromatic heterocycles. The summed E-state index contributed by atoms with van der Waals surface area (Å²) in [5.74, 6) is 0.430. The molecule has 8 heteroatoms. The Morgan fingerprint density at radius 3 is 2.74 bits per heavy atom. The first-order valence-corrected chi connectivity index (χ1v) is 10.8. The van der Waals surface area contributed by atoms with E-state index in [2.05, 4.69) is 25.6 Å². The van der Waals surface area contributed by atoms with Gasteiger partial charge < -0.3 is 15.1 Å². The van der Waals surface area contributed by atoms with Crippen LogP contribution in [0.1, 0.15) is 12.8 Å². The molecule has 6 nitrogen and oxygen atoms in total. The molecule has 0 unspecified atom stereocenters. The predicted octanol–water partition coefficient (Wildman–Crippen LogP) is 3.34. The van der Waals surface area contributed by atoms with Gasteiger partial charge in [0.2, 0.25) is 0 Å². The van der Waals surface area contributed by atoms with Crippen LogP contribution in [0, 0.1) is 0 Å². The third kappa shape index (κ3) is 3.04. The topological polar surface area (TPSA) is 65.0 Å². The van der Waals surface area contributed by atoms with Crippen molar-refractivity contribution in [3.63, 3.8) is 0 Å². The summed E-state index contributed by atoms with van der Waals surface area (Å²) in [4.78, 5) is 4.80. The van der Waals surface area contributed by atoms with Crippen LogP contribution in [0.4, 0.5) is 17.1 Å². The number of anilines is 3. The largest absolute Gasteiger partial charge is 0.365 e. The Morgan fingerprint density at radius 1 is 1.11 bits per heavy atom. The van der Waals surface area contributed by atoms with Gasteiger partial charge in [-0.2, -0.15) is 8.42 Å². The summed E-state index contributed by atoms with van der Waals surface area (Å²) in [6.07, 6.45) is 2.46. The van der Waals surface area contributed by atoms with Crippen LogP contribution in [0.3, 0.4) is 0 Å². The molecule has 2 heterocycles. The van der Waals surface area contributed by atoms with E-state index in [1.165, 1.54) is 12.8 Å². The maximum Gasteiger partial charge on any atom is 0.286 e. The first-order valence-electron chi connectivity index (χ1n) is 9.02. The summed E-state index contributed by atoms with van der Waals surface area (Å²) < 4.78 is 29.0. The molecule has 5 rings (SSSR count). The van der Waals surface area contributed by atoms with Crippen molar-refractivity contribution in [2.24, 2.45) is 4.40 Å². The lowest BCUT2D eigenvalue weighted by Crippen LogP contribution is -2.45. The highest BCUT2D eigenvalue weighted by Crippen LogP contribution is 2.41. The highest BCUT2D eigenvalue weighted by atomic mass is 35.5. The quantitative estimate of drug-likeness (QED) is 0.852. The number of hydrogen-bond acceptors (Lipinski definition) is 5. The zero-order valence-corrected chi connectivity index (χ0v) is 16.2. The van der Waals surface area contributed by atoms with Crippen LogP contribution < -0.4 is 15.1 Å². The molecule has 2 aromatic rings. The van der Waals surface area contributed by atoms with Gasteiger partial charge in [0.1, 0.15) is 10.7 Å². The SMILES string of the molecule is O=S1(=O)N=C(CN2CCN(C3CC3)c3ccc(Cl)cc32)Nc2ccccc21. The van der Waals surface area contributed by atoms with Crippen molar-refractivity contribution in [2.45, 2.75) is 23.8 Å². The van der Waals surface area contributed by atoms with E-state index in [-0.39, 0.29) is 4.90 Å². The van der Waals surface area contributed by atoms with Gasteiger partial charge in [-0.1, -0.05) is 23.7 Å². The van der Waals surface area contributed by atoms with E-state index in [0.29, 0.717) is 29.1 Å². The third-order valence-electron chi connectivity index (χ3n) is 5.20. The van der Waals surface area contributed by atoms with Crippen LogP contribution in [0.15, 0.2) is 51.8 Å². The van der Waals surface area contributed by atoms with Crippen molar-refractivity contribution in [2.75, 3.05) is 34.8 Å². The molecule has 0 atom stereocenters. The summed E-state index contributed by atoms with van der Waals surface area (Å²) in [7, 11) is -3.68. The number of nitrogens with one attached hydrogen (secondary N) is 1. The lowest BCUT2D eigenvalue weighted by atomic mass is 10.1. The van der Waals surface area contributed by atoms with Gasteiger partial charge in [0.15, 0.2) is 0 Å². The van der Waals surface area contributed by atoms with Crippen LogP contribution in [-0.2, 0) is 10.0 Å². The summed E-state index contributed by atoms with van der Waals surface area (Å²) in [5.41, 5.74) is 2.76. The third-order valence-corrected chi connectivity index (χ3v) is 6.81. The van der Waals surface area contributed by atoms with Crippen LogP contribution in [0.5, 0.6) is 0 Å². The van der Waals surface area contributed by atoms with Crippen LogP contribution in [0.25, 0.3) is 0 Å². The molecule has 0 saturated heterocycles. The van der Waals surface area contributed by atoms with E-state index in [0.717, 1.165) is 24.5 Å². The average Bonchev–Trinajstić information content (AvgIpc) is 3.46. The van der Waals surface area contributed by atoms with Crippen LogP contribution in [0.2, 0.25) is 5.02 Å². The second kappa shape index (κ2) is 6.14. The van der Waals surface area contributed by atoms with Gasteiger partial charge in [0.05, 0.1) is 23.6 Å². The highest BCUT2D eigenvalue weighted by molar-refractivity contribution is 7.90. The second-order valence-corrected chi connectivity index (χ2v) is 9.12. The number of fused-ring (bicyclic) bond motifs is 2. The van der Waals surface area contributed by atoms with E-state index < -0.39 is 10.0 Å². The van der Waals surface area contributed by atoms with Crippen molar-refractivity contribution in [1.29, 1.82) is 0 Å². The summed E-state index contributed by atoms with van der Waals surface area (Å²) in [5, 5.41) is 3.85. The molecule has 0 spiro atoms. The lowest BCUT2D eigenvalue weighted by molar-refractivity contribution is 0.597. The highest BCUT2D eigenvalue weighted by Gasteiger charge is 2.35. The van der Waals surface area contributed by atoms with Crippen molar-refractivity contribution >= 4 is 44.5 Å². The Kier molecular flexibility index (Phi) is 3.84. The number of para-hydroxylation sites is 1. The predicted molar refractivity (Wildman–Crippen MR) is 109 cm³/mol. The molecule has 2 aromatic carbocycles. The van der Waals surface area contributed by atoms with Gasteiger partial charge in [-0.05, 0) is 43.2 Å². The maximum absolute atomic E-state index is 12.5. The smallest absolute Gasteiger partial charge is 0.286 e. The number of benzene rings is 2. The fraction of sp³-hybridized carbons (Fsp3) is 0.316. The number of sulfonamides is 1. The van der Waals surface area contributed by atoms with Gasteiger partial charge in [0.25, 0.3) is 10.0 Å². The zero-order chi connectivity index (χ0) is 18.6. The minimum absolute atomic E-state index is 0.218. The standard InChI is InChI=1S/C19H19ClN4O2S/c20-13-5-8-16-17(11-13)23(9-10-24(16)14-6-7-14)12-19-21-15-3-1-2-4-18(15)27(25,26)22-19/h1-5,8,11,14H,6-7,9-10,12H2,(H,21,22). The Labute approximate surface area is 163 Å². The van der Waals surface area contributed by atoms with E-state index in [9.17, 15) is 8.42 Å². The minimum Gasteiger partial charge on any atom is -0.365 e. The number of amidine groups is 1. The Morgan fingerprint density at radius 2 is 1.93 bits per heavy atom. The summed E-state index contributed by atoms with van der Waals surface area (Å²) in [6.45, 7) is 2.10. The molecule has 0 amide bonds. The number of rotatable bonds is 3. The lowest BCUT2D eigenvalue weighted by Gasteiger charge is -2.39. The molecule has 0 radical (unpaired) electrons. The van der Waals surface area contributed by atoms with E-state index >= 15 is 0 Å². The molecule has 1 saturated carbocycles. The fourth-order valence-corrected chi connectivity index (χ4v) is 5.11. The maximum atomic E-state index is 12.5. The van der Waals surface area contributed by atoms with E-state index in [1.807, 2.05) is 18.2 Å². The number of halogens is 1. The number of nitrogens with zero attached hydrogens (tertiary/aromatic N) is 3. The van der Waals surface area contributed by atoms with Crippen LogP contribution in [-0.4, -0.2) is 39.9 Å². The molecule has 1 aliphatic carbocycles. The van der Waals surface area contributed by atoms with Gasteiger partial charge in [0, 0.05) is 24.2 Å². The van der Waals surface area contributed by atoms with Gasteiger partial charge in [-0.25, -0.2) is 0 Å². The molecule has 0 bridgehead atoms. The van der Waals surface area contributed by atoms with Gasteiger partial charge in [-0.3, -0.25) is 0 Å². The first kappa shape index (κ1) is 16.9. The Bertz CT molecular complexity index is 1050. The molecule has 2 aliphatic heterocycles. The number of hydrogen-bond donors (Lipinski definition) is 1. The molecule has 140 valence electrons.